The maximum atomic E-state index is 10.7. The Balaban J connectivity index is 2.54. The first kappa shape index (κ1) is 8.56. The summed E-state index contributed by atoms with van der Waals surface area (Å²) < 4.78 is 5.14. The lowest BCUT2D eigenvalue weighted by atomic mass is 10.1. The topological polar surface area (TPSA) is 50.4 Å². The first-order chi connectivity index (χ1) is 6.68. The standard InChI is InChI=1S/C11H8O3/c1-7(11(12)13)8-2-3-10-9(6-8)4-5-14-10/h2-6H,1H2,(H,12,13). The molecule has 0 atom stereocenters. The van der Waals surface area contributed by atoms with Gasteiger partial charge >= 0.3 is 5.97 Å². The molecular weight excluding hydrogens is 180 g/mol. The van der Waals surface area contributed by atoms with E-state index < -0.39 is 5.97 Å². The van der Waals surface area contributed by atoms with E-state index in [1.807, 2.05) is 0 Å². The van der Waals surface area contributed by atoms with Crippen molar-refractivity contribution >= 4 is 22.5 Å². The SMILES string of the molecule is C=C(C(=O)O)c1ccc2occc2c1. The fourth-order valence-electron chi connectivity index (χ4n) is 1.28. The highest BCUT2D eigenvalue weighted by atomic mass is 16.4. The lowest BCUT2D eigenvalue weighted by Gasteiger charge is -1.99. The number of hydrogen-bond acceptors (Lipinski definition) is 2. The molecule has 0 aliphatic carbocycles. The van der Waals surface area contributed by atoms with Crippen LogP contribution in [0.4, 0.5) is 0 Å². The lowest BCUT2D eigenvalue weighted by molar-refractivity contribution is -0.130. The van der Waals surface area contributed by atoms with Crippen molar-refractivity contribution in [3.8, 4) is 0 Å². The molecule has 1 aromatic heterocycles. The molecule has 0 aliphatic heterocycles. The van der Waals surface area contributed by atoms with Gasteiger partial charge in [0, 0.05) is 5.39 Å². The number of carboxylic acids is 1. The molecule has 1 heterocycles. The summed E-state index contributed by atoms with van der Waals surface area (Å²) in [6.07, 6.45) is 1.57. The quantitative estimate of drug-likeness (QED) is 0.736. The number of carboxylic acid groups (broad SMARTS) is 1. The molecule has 0 aliphatic rings. The molecule has 3 heteroatoms. The van der Waals surface area contributed by atoms with Gasteiger partial charge in [-0.3, -0.25) is 0 Å². The van der Waals surface area contributed by atoms with Crippen LogP contribution in [0.5, 0.6) is 0 Å². The van der Waals surface area contributed by atoms with Gasteiger partial charge in [0.05, 0.1) is 11.8 Å². The Kier molecular flexibility index (Phi) is 1.85. The number of aliphatic carboxylic acids is 1. The molecule has 0 spiro atoms. The summed E-state index contributed by atoms with van der Waals surface area (Å²) >= 11 is 0. The summed E-state index contributed by atoms with van der Waals surface area (Å²) in [4.78, 5) is 10.7. The summed E-state index contributed by atoms with van der Waals surface area (Å²) in [6.45, 7) is 3.49. The largest absolute Gasteiger partial charge is 0.478 e. The average molecular weight is 188 g/mol. The normalized spacial score (nSPS) is 10.3. The smallest absolute Gasteiger partial charge is 0.335 e. The van der Waals surface area contributed by atoms with E-state index in [2.05, 4.69) is 6.58 Å². The van der Waals surface area contributed by atoms with E-state index in [9.17, 15) is 4.79 Å². The monoisotopic (exact) mass is 188 g/mol. The third kappa shape index (κ3) is 1.29. The minimum absolute atomic E-state index is 0.0908. The number of rotatable bonds is 2. The van der Waals surface area contributed by atoms with Crippen molar-refractivity contribution in [2.24, 2.45) is 0 Å². The highest BCUT2D eigenvalue weighted by molar-refractivity contribution is 6.15. The van der Waals surface area contributed by atoms with Crippen LogP contribution in [0, 0.1) is 0 Å². The van der Waals surface area contributed by atoms with Crippen molar-refractivity contribution < 1.29 is 14.3 Å². The van der Waals surface area contributed by atoms with Crippen LogP contribution in [0.2, 0.25) is 0 Å². The van der Waals surface area contributed by atoms with Crippen LogP contribution in [-0.4, -0.2) is 11.1 Å². The van der Waals surface area contributed by atoms with Crippen molar-refractivity contribution in [3.63, 3.8) is 0 Å². The van der Waals surface area contributed by atoms with Gasteiger partial charge in [0.1, 0.15) is 5.58 Å². The molecule has 1 aromatic carbocycles. The molecule has 2 rings (SSSR count). The van der Waals surface area contributed by atoms with E-state index in [4.69, 9.17) is 9.52 Å². The minimum atomic E-state index is -1.01. The van der Waals surface area contributed by atoms with Gasteiger partial charge in [0.15, 0.2) is 0 Å². The van der Waals surface area contributed by atoms with Crippen molar-refractivity contribution in [1.82, 2.24) is 0 Å². The Morgan fingerprint density at radius 3 is 2.86 bits per heavy atom. The molecule has 1 N–H and O–H groups in total. The van der Waals surface area contributed by atoms with Crippen LogP contribution in [0.25, 0.3) is 16.5 Å². The number of benzene rings is 1. The predicted octanol–water partition coefficient (Wildman–Crippen LogP) is 2.53. The molecule has 0 unspecified atom stereocenters. The molecular formula is C11H8O3. The Morgan fingerprint density at radius 1 is 1.36 bits per heavy atom. The fraction of sp³-hybridized carbons (Fsp3) is 0. The van der Waals surface area contributed by atoms with Gasteiger partial charge < -0.3 is 9.52 Å². The molecule has 14 heavy (non-hydrogen) atoms. The molecule has 0 radical (unpaired) electrons. The Morgan fingerprint density at radius 2 is 2.14 bits per heavy atom. The Hall–Kier alpha value is -2.03. The number of furan rings is 1. The van der Waals surface area contributed by atoms with Crippen molar-refractivity contribution in [2.75, 3.05) is 0 Å². The molecule has 0 saturated heterocycles. The summed E-state index contributed by atoms with van der Waals surface area (Å²) in [5, 5.41) is 9.61. The van der Waals surface area contributed by atoms with Crippen LogP contribution < -0.4 is 0 Å². The highest BCUT2D eigenvalue weighted by Crippen LogP contribution is 2.21. The van der Waals surface area contributed by atoms with E-state index in [0.29, 0.717) is 5.56 Å². The summed E-state index contributed by atoms with van der Waals surface area (Å²) in [5.41, 5.74) is 1.44. The number of hydrogen-bond donors (Lipinski definition) is 1. The second-order valence-electron chi connectivity index (χ2n) is 2.96. The zero-order chi connectivity index (χ0) is 10.1. The van der Waals surface area contributed by atoms with E-state index in [0.717, 1.165) is 11.0 Å². The third-order valence-corrected chi connectivity index (χ3v) is 2.06. The van der Waals surface area contributed by atoms with Crippen LogP contribution in [-0.2, 0) is 4.79 Å². The summed E-state index contributed by atoms with van der Waals surface area (Å²) in [6, 6.07) is 6.95. The molecule has 3 nitrogen and oxygen atoms in total. The lowest BCUT2D eigenvalue weighted by Crippen LogP contribution is -1.97. The van der Waals surface area contributed by atoms with Crippen LogP contribution in [0.1, 0.15) is 5.56 Å². The maximum absolute atomic E-state index is 10.7. The zero-order valence-electron chi connectivity index (χ0n) is 7.36. The summed E-state index contributed by atoms with van der Waals surface area (Å²) in [7, 11) is 0. The Labute approximate surface area is 80.3 Å². The molecule has 0 bridgehead atoms. The van der Waals surface area contributed by atoms with Crippen molar-refractivity contribution in [1.29, 1.82) is 0 Å². The number of carbonyl (C=O) groups is 1. The van der Waals surface area contributed by atoms with Gasteiger partial charge in [-0.25, -0.2) is 4.79 Å². The first-order valence-electron chi connectivity index (χ1n) is 4.08. The van der Waals surface area contributed by atoms with Gasteiger partial charge in [0.2, 0.25) is 0 Å². The van der Waals surface area contributed by atoms with Gasteiger partial charge in [-0.05, 0) is 23.8 Å². The van der Waals surface area contributed by atoms with Crippen LogP contribution >= 0.6 is 0 Å². The van der Waals surface area contributed by atoms with Gasteiger partial charge in [-0.2, -0.15) is 0 Å². The molecule has 0 saturated carbocycles. The van der Waals surface area contributed by atoms with Crippen molar-refractivity contribution in [2.45, 2.75) is 0 Å². The number of fused-ring (bicyclic) bond motifs is 1. The third-order valence-electron chi connectivity index (χ3n) is 2.06. The van der Waals surface area contributed by atoms with Crippen LogP contribution in [0.3, 0.4) is 0 Å². The highest BCUT2D eigenvalue weighted by Gasteiger charge is 2.07. The first-order valence-corrected chi connectivity index (χ1v) is 4.08. The van der Waals surface area contributed by atoms with E-state index in [-0.39, 0.29) is 5.57 Å². The predicted molar refractivity (Wildman–Crippen MR) is 52.9 cm³/mol. The maximum Gasteiger partial charge on any atom is 0.335 e. The van der Waals surface area contributed by atoms with E-state index in [1.165, 1.54) is 0 Å². The van der Waals surface area contributed by atoms with Gasteiger partial charge in [0.25, 0.3) is 0 Å². The second-order valence-corrected chi connectivity index (χ2v) is 2.96. The van der Waals surface area contributed by atoms with Gasteiger partial charge in [-0.1, -0.05) is 12.6 Å². The van der Waals surface area contributed by atoms with Crippen molar-refractivity contribution in [3.05, 3.63) is 42.7 Å². The summed E-state index contributed by atoms with van der Waals surface area (Å²) in [5.74, 6) is -1.01. The van der Waals surface area contributed by atoms with E-state index >= 15 is 0 Å². The van der Waals surface area contributed by atoms with E-state index in [1.54, 1.807) is 30.5 Å². The molecule has 2 aromatic rings. The average Bonchev–Trinajstić information content (AvgIpc) is 2.62. The molecule has 0 amide bonds. The minimum Gasteiger partial charge on any atom is -0.478 e. The van der Waals surface area contributed by atoms with Gasteiger partial charge in [-0.15, -0.1) is 0 Å². The van der Waals surface area contributed by atoms with Crippen LogP contribution in [0.15, 0.2) is 41.5 Å². The zero-order valence-corrected chi connectivity index (χ0v) is 7.36. The second kappa shape index (κ2) is 3.03. The molecule has 70 valence electrons. The Bertz CT molecular complexity index is 508. The molecule has 0 fully saturated rings. The fourth-order valence-corrected chi connectivity index (χ4v) is 1.28.